The number of amides is 1. The molecule has 0 bridgehead atoms. The van der Waals surface area contributed by atoms with Crippen LogP contribution in [-0.4, -0.2) is 47.5 Å². The summed E-state index contributed by atoms with van der Waals surface area (Å²) in [5, 5.41) is 0. The molecule has 2 heterocycles. The average Bonchev–Trinajstić information content (AvgIpc) is 2.52. The Morgan fingerprint density at radius 2 is 2.05 bits per heavy atom. The number of anilines is 1. The van der Waals surface area contributed by atoms with Gasteiger partial charge >= 0.3 is 0 Å². The van der Waals surface area contributed by atoms with Gasteiger partial charge in [0.25, 0.3) is 5.91 Å². The predicted molar refractivity (Wildman–Crippen MR) is 89.2 cm³/mol. The molecule has 122 valence electrons. The molecular weight excluding hydrogens is 276 g/mol. The van der Waals surface area contributed by atoms with E-state index in [-0.39, 0.29) is 5.91 Å². The molecule has 0 spiro atoms. The Morgan fingerprint density at radius 3 is 2.68 bits per heavy atom. The van der Waals surface area contributed by atoms with E-state index in [4.69, 9.17) is 0 Å². The standard InChI is InChI=1S/C17H28N4O/c1-5-6-9-20(4)17(22)15-12-16(19-14(3)18-15)21-10-7-13(2)8-11-21/h12-13H,5-11H2,1-4H3. The summed E-state index contributed by atoms with van der Waals surface area (Å²) >= 11 is 0. The van der Waals surface area contributed by atoms with Crippen LogP contribution in [0.3, 0.4) is 0 Å². The van der Waals surface area contributed by atoms with Crippen molar-refractivity contribution in [3.63, 3.8) is 0 Å². The summed E-state index contributed by atoms with van der Waals surface area (Å²) in [5.41, 5.74) is 0.514. The fourth-order valence-electron chi connectivity index (χ4n) is 2.75. The van der Waals surface area contributed by atoms with Gasteiger partial charge in [0.1, 0.15) is 17.3 Å². The molecular formula is C17H28N4O. The number of rotatable bonds is 5. The first-order valence-corrected chi connectivity index (χ1v) is 8.37. The summed E-state index contributed by atoms with van der Waals surface area (Å²) in [6.07, 6.45) is 4.46. The second-order valence-electron chi connectivity index (χ2n) is 6.41. The SMILES string of the molecule is CCCCN(C)C(=O)c1cc(N2CCC(C)CC2)nc(C)n1. The number of carbonyl (C=O) groups is 1. The third-order valence-corrected chi connectivity index (χ3v) is 4.34. The maximum atomic E-state index is 12.5. The molecule has 1 aliphatic heterocycles. The Labute approximate surface area is 133 Å². The number of hydrogen-bond acceptors (Lipinski definition) is 4. The van der Waals surface area contributed by atoms with Gasteiger partial charge in [0.05, 0.1) is 0 Å². The number of carbonyl (C=O) groups excluding carboxylic acids is 1. The molecule has 1 amide bonds. The molecule has 0 atom stereocenters. The monoisotopic (exact) mass is 304 g/mol. The van der Waals surface area contributed by atoms with Crippen molar-refractivity contribution in [3.05, 3.63) is 17.6 Å². The highest BCUT2D eigenvalue weighted by Gasteiger charge is 2.20. The fourth-order valence-corrected chi connectivity index (χ4v) is 2.75. The van der Waals surface area contributed by atoms with Gasteiger partial charge in [-0.3, -0.25) is 4.79 Å². The molecule has 22 heavy (non-hydrogen) atoms. The van der Waals surface area contributed by atoms with Crippen LogP contribution < -0.4 is 4.90 Å². The highest BCUT2D eigenvalue weighted by Crippen LogP contribution is 2.22. The molecule has 0 aliphatic carbocycles. The van der Waals surface area contributed by atoms with Gasteiger partial charge in [-0.15, -0.1) is 0 Å². The quantitative estimate of drug-likeness (QED) is 0.839. The van der Waals surface area contributed by atoms with E-state index in [1.54, 1.807) is 4.90 Å². The molecule has 1 aliphatic rings. The summed E-state index contributed by atoms with van der Waals surface area (Å²) in [6.45, 7) is 9.07. The van der Waals surface area contributed by atoms with Gasteiger partial charge in [-0.1, -0.05) is 20.3 Å². The summed E-state index contributed by atoms with van der Waals surface area (Å²) in [5.74, 6) is 2.33. The molecule has 1 saturated heterocycles. The van der Waals surface area contributed by atoms with E-state index in [1.807, 2.05) is 20.0 Å². The molecule has 2 rings (SSSR count). The summed E-state index contributed by atoms with van der Waals surface area (Å²) in [4.78, 5) is 25.4. The van der Waals surface area contributed by atoms with Crippen LogP contribution in [0, 0.1) is 12.8 Å². The Bertz CT molecular complexity index is 509. The first kappa shape index (κ1) is 16.7. The molecule has 5 heteroatoms. The van der Waals surface area contributed by atoms with E-state index >= 15 is 0 Å². The minimum Gasteiger partial charge on any atom is -0.356 e. The number of unbranched alkanes of at least 4 members (excludes halogenated alkanes) is 1. The third-order valence-electron chi connectivity index (χ3n) is 4.34. The number of nitrogens with zero attached hydrogens (tertiary/aromatic N) is 4. The maximum absolute atomic E-state index is 12.5. The number of aryl methyl sites for hydroxylation is 1. The summed E-state index contributed by atoms with van der Waals surface area (Å²) in [6, 6.07) is 1.85. The summed E-state index contributed by atoms with van der Waals surface area (Å²) in [7, 11) is 1.84. The van der Waals surface area contributed by atoms with Gasteiger partial charge in [0.2, 0.25) is 0 Å². The zero-order valence-electron chi connectivity index (χ0n) is 14.3. The van der Waals surface area contributed by atoms with Crippen molar-refractivity contribution in [2.75, 3.05) is 31.6 Å². The Hall–Kier alpha value is -1.65. The number of aromatic nitrogens is 2. The molecule has 1 aromatic rings. The van der Waals surface area contributed by atoms with Crippen molar-refractivity contribution in [2.45, 2.75) is 46.5 Å². The Morgan fingerprint density at radius 1 is 1.36 bits per heavy atom. The van der Waals surface area contributed by atoms with Crippen molar-refractivity contribution in [3.8, 4) is 0 Å². The van der Waals surface area contributed by atoms with E-state index in [0.29, 0.717) is 11.5 Å². The van der Waals surface area contributed by atoms with Crippen molar-refractivity contribution in [2.24, 2.45) is 5.92 Å². The molecule has 1 fully saturated rings. The largest absolute Gasteiger partial charge is 0.356 e. The van der Waals surface area contributed by atoms with Gasteiger partial charge in [0, 0.05) is 32.7 Å². The molecule has 5 nitrogen and oxygen atoms in total. The smallest absolute Gasteiger partial charge is 0.272 e. The van der Waals surface area contributed by atoms with Crippen LogP contribution in [0.25, 0.3) is 0 Å². The number of hydrogen-bond donors (Lipinski definition) is 0. The van der Waals surface area contributed by atoms with Crippen LogP contribution in [-0.2, 0) is 0 Å². The second-order valence-corrected chi connectivity index (χ2v) is 6.41. The lowest BCUT2D eigenvalue weighted by atomic mass is 9.99. The van der Waals surface area contributed by atoms with Crippen LogP contribution in [0.1, 0.15) is 55.8 Å². The van der Waals surface area contributed by atoms with Crippen molar-refractivity contribution < 1.29 is 4.79 Å². The highest BCUT2D eigenvalue weighted by molar-refractivity contribution is 5.92. The van der Waals surface area contributed by atoms with E-state index < -0.39 is 0 Å². The van der Waals surface area contributed by atoms with Gasteiger partial charge in [-0.25, -0.2) is 9.97 Å². The van der Waals surface area contributed by atoms with Crippen molar-refractivity contribution in [1.82, 2.24) is 14.9 Å². The van der Waals surface area contributed by atoms with Crippen LogP contribution in [0.5, 0.6) is 0 Å². The first-order valence-electron chi connectivity index (χ1n) is 8.37. The molecule has 0 radical (unpaired) electrons. The van der Waals surface area contributed by atoms with E-state index in [9.17, 15) is 4.79 Å². The molecule has 1 aromatic heterocycles. The van der Waals surface area contributed by atoms with Crippen LogP contribution in [0.15, 0.2) is 6.07 Å². The van der Waals surface area contributed by atoms with Crippen molar-refractivity contribution >= 4 is 11.7 Å². The second kappa shape index (κ2) is 7.56. The van der Waals surface area contributed by atoms with Gasteiger partial charge in [0.15, 0.2) is 0 Å². The van der Waals surface area contributed by atoms with Gasteiger partial charge in [-0.2, -0.15) is 0 Å². The van der Waals surface area contributed by atoms with Crippen LogP contribution in [0.4, 0.5) is 5.82 Å². The minimum absolute atomic E-state index is 0.00872. The van der Waals surface area contributed by atoms with E-state index in [1.165, 1.54) is 12.8 Å². The minimum atomic E-state index is -0.00872. The normalized spacial score (nSPS) is 15.9. The van der Waals surface area contributed by atoms with E-state index in [2.05, 4.69) is 28.7 Å². The first-order chi connectivity index (χ1) is 10.5. The maximum Gasteiger partial charge on any atom is 0.272 e. The zero-order valence-corrected chi connectivity index (χ0v) is 14.3. The summed E-state index contributed by atoms with van der Waals surface area (Å²) < 4.78 is 0. The lowest BCUT2D eigenvalue weighted by molar-refractivity contribution is 0.0787. The Kier molecular flexibility index (Phi) is 5.75. The Balaban J connectivity index is 2.14. The number of piperidine rings is 1. The average molecular weight is 304 g/mol. The highest BCUT2D eigenvalue weighted by atomic mass is 16.2. The van der Waals surface area contributed by atoms with Gasteiger partial charge < -0.3 is 9.80 Å². The lowest BCUT2D eigenvalue weighted by Gasteiger charge is -2.31. The molecule has 0 unspecified atom stereocenters. The molecule has 0 aromatic carbocycles. The van der Waals surface area contributed by atoms with Crippen LogP contribution >= 0.6 is 0 Å². The van der Waals surface area contributed by atoms with Gasteiger partial charge in [-0.05, 0) is 32.1 Å². The predicted octanol–water partition coefficient (Wildman–Crippen LogP) is 2.89. The van der Waals surface area contributed by atoms with E-state index in [0.717, 1.165) is 44.2 Å². The molecule has 0 N–H and O–H groups in total. The molecule has 0 saturated carbocycles. The zero-order chi connectivity index (χ0) is 16.1. The van der Waals surface area contributed by atoms with Crippen molar-refractivity contribution in [1.29, 1.82) is 0 Å². The lowest BCUT2D eigenvalue weighted by Crippen LogP contribution is -2.34. The fraction of sp³-hybridized carbons (Fsp3) is 0.706. The topological polar surface area (TPSA) is 49.3 Å². The third kappa shape index (κ3) is 4.18. The van der Waals surface area contributed by atoms with Crippen LogP contribution in [0.2, 0.25) is 0 Å².